The number of fused-ring (bicyclic) bond motifs is 3. The molecule has 4 unspecified atom stereocenters. The molecule has 1 aliphatic carbocycles. The molecule has 2 heteroatoms. The molecule has 118 valence electrons. The quantitative estimate of drug-likeness (QED) is 0.760. The van der Waals surface area contributed by atoms with Gasteiger partial charge < -0.3 is 4.90 Å². The van der Waals surface area contributed by atoms with E-state index in [1.165, 1.54) is 45.4 Å². The summed E-state index contributed by atoms with van der Waals surface area (Å²) in [5.41, 5.74) is 3.36. The van der Waals surface area contributed by atoms with Gasteiger partial charge in [0.2, 0.25) is 0 Å². The van der Waals surface area contributed by atoms with Crippen LogP contribution in [0.2, 0.25) is 0 Å². The maximum Gasteiger partial charge on any atom is 0.156 e. The standard InChI is InChI=1S/C20H29N2/c1-3-22-11-7-10-16-18-13-21(2)14-19(18)17(12-20(16)22)15-8-5-4-6-9-15/h4-6,8-9,16-19H,3,7,10-14H2,1-2H3/q+1. The Morgan fingerprint density at radius 3 is 2.55 bits per heavy atom. The lowest BCUT2D eigenvalue weighted by Gasteiger charge is -2.40. The predicted molar refractivity (Wildman–Crippen MR) is 91.7 cm³/mol. The fourth-order valence-electron chi connectivity index (χ4n) is 5.51. The molecule has 1 aromatic rings. The molecule has 1 saturated carbocycles. The van der Waals surface area contributed by atoms with E-state index in [2.05, 4.69) is 53.8 Å². The van der Waals surface area contributed by atoms with Crippen molar-refractivity contribution in [2.45, 2.75) is 32.1 Å². The Bertz CT molecular complexity index is 562. The molecule has 2 heterocycles. The van der Waals surface area contributed by atoms with Gasteiger partial charge in [0, 0.05) is 31.8 Å². The van der Waals surface area contributed by atoms with Crippen molar-refractivity contribution in [2.75, 3.05) is 33.2 Å². The van der Waals surface area contributed by atoms with Gasteiger partial charge in [0.15, 0.2) is 5.71 Å². The van der Waals surface area contributed by atoms with E-state index >= 15 is 0 Å². The van der Waals surface area contributed by atoms with Crippen molar-refractivity contribution in [3.8, 4) is 0 Å². The maximum atomic E-state index is 2.71. The van der Waals surface area contributed by atoms with E-state index in [1.807, 2.05) is 0 Å². The highest BCUT2D eigenvalue weighted by Crippen LogP contribution is 2.48. The van der Waals surface area contributed by atoms with Crippen LogP contribution in [0.3, 0.4) is 0 Å². The van der Waals surface area contributed by atoms with Gasteiger partial charge in [0.05, 0.1) is 0 Å². The van der Waals surface area contributed by atoms with Crippen LogP contribution in [-0.4, -0.2) is 48.4 Å². The molecule has 0 aromatic heterocycles. The zero-order chi connectivity index (χ0) is 15.1. The highest BCUT2D eigenvalue weighted by atomic mass is 15.1. The zero-order valence-electron chi connectivity index (χ0n) is 14.0. The molecule has 4 atom stereocenters. The van der Waals surface area contributed by atoms with E-state index in [9.17, 15) is 0 Å². The Hall–Kier alpha value is -1.15. The summed E-state index contributed by atoms with van der Waals surface area (Å²) in [7, 11) is 2.32. The Morgan fingerprint density at radius 1 is 1.09 bits per heavy atom. The highest BCUT2D eigenvalue weighted by molar-refractivity contribution is 5.85. The largest absolute Gasteiger partial charge is 0.306 e. The predicted octanol–water partition coefficient (Wildman–Crippen LogP) is 3.24. The minimum absolute atomic E-state index is 0.731. The van der Waals surface area contributed by atoms with Gasteiger partial charge in [-0.2, -0.15) is 0 Å². The van der Waals surface area contributed by atoms with E-state index in [0.29, 0.717) is 0 Å². The number of benzene rings is 1. The normalized spacial score (nSPS) is 35.4. The summed E-state index contributed by atoms with van der Waals surface area (Å²) in [6.45, 7) is 7.41. The van der Waals surface area contributed by atoms with Crippen LogP contribution in [0.25, 0.3) is 0 Å². The number of rotatable bonds is 2. The molecule has 1 saturated heterocycles. The molecular weight excluding hydrogens is 268 g/mol. The average molecular weight is 297 g/mol. The Morgan fingerprint density at radius 2 is 1.82 bits per heavy atom. The van der Waals surface area contributed by atoms with Gasteiger partial charge in [-0.15, -0.1) is 0 Å². The number of hydrogen-bond acceptors (Lipinski definition) is 1. The van der Waals surface area contributed by atoms with Crippen LogP contribution in [0, 0.1) is 17.8 Å². The van der Waals surface area contributed by atoms with Crippen molar-refractivity contribution in [1.82, 2.24) is 4.90 Å². The van der Waals surface area contributed by atoms with Crippen LogP contribution in [0.5, 0.6) is 0 Å². The van der Waals surface area contributed by atoms with E-state index in [0.717, 1.165) is 23.7 Å². The first-order valence-corrected chi connectivity index (χ1v) is 9.12. The Balaban J connectivity index is 1.75. The van der Waals surface area contributed by atoms with Crippen molar-refractivity contribution in [3.63, 3.8) is 0 Å². The monoisotopic (exact) mass is 297 g/mol. The molecule has 2 nitrogen and oxygen atoms in total. The van der Waals surface area contributed by atoms with Crippen molar-refractivity contribution in [1.29, 1.82) is 0 Å². The smallest absolute Gasteiger partial charge is 0.156 e. The maximum absolute atomic E-state index is 2.71. The van der Waals surface area contributed by atoms with Gasteiger partial charge in [-0.25, -0.2) is 4.58 Å². The second-order valence-corrected chi connectivity index (χ2v) is 7.59. The molecule has 0 spiro atoms. The van der Waals surface area contributed by atoms with Crippen molar-refractivity contribution in [3.05, 3.63) is 35.9 Å². The van der Waals surface area contributed by atoms with Gasteiger partial charge in [0.1, 0.15) is 13.1 Å². The molecule has 2 fully saturated rings. The Kier molecular flexibility index (Phi) is 3.81. The number of likely N-dealkylation sites (tertiary alicyclic amines) is 1. The fourth-order valence-corrected chi connectivity index (χ4v) is 5.51. The van der Waals surface area contributed by atoms with Crippen LogP contribution in [0.1, 0.15) is 37.7 Å². The van der Waals surface area contributed by atoms with Gasteiger partial charge in [-0.1, -0.05) is 30.3 Å². The third-order valence-electron chi connectivity index (χ3n) is 6.44. The second kappa shape index (κ2) is 5.81. The van der Waals surface area contributed by atoms with Gasteiger partial charge >= 0.3 is 0 Å². The first-order chi connectivity index (χ1) is 10.8. The summed E-state index contributed by atoms with van der Waals surface area (Å²) in [6, 6.07) is 11.3. The van der Waals surface area contributed by atoms with E-state index < -0.39 is 0 Å². The van der Waals surface area contributed by atoms with E-state index in [1.54, 1.807) is 11.3 Å². The molecule has 4 rings (SSSR count). The molecule has 0 N–H and O–H groups in total. The van der Waals surface area contributed by atoms with Crippen LogP contribution in [0.15, 0.2) is 30.3 Å². The summed E-state index contributed by atoms with van der Waals surface area (Å²) in [5, 5.41) is 0. The molecule has 0 bridgehead atoms. The molecule has 2 aliphatic heterocycles. The van der Waals surface area contributed by atoms with E-state index in [-0.39, 0.29) is 0 Å². The third-order valence-corrected chi connectivity index (χ3v) is 6.44. The summed E-state index contributed by atoms with van der Waals surface area (Å²) in [6.07, 6.45) is 4.13. The first kappa shape index (κ1) is 14.4. The topological polar surface area (TPSA) is 6.25 Å². The highest BCUT2D eigenvalue weighted by Gasteiger charge is 2.50. The molecule has 1 aromatic carbocycles. The molecule has 0 radical (unpaired) electrons. The summed E-state index contributed by atoms with van der Waals surface area (Å²) < 4.78 is 2.71. The molecular formula is C20H29N2+. The van der Waals surface area contributed by atoms with Crippen LogP contribution in [-0.2, 0) is 0 Å². The van der Waals surface area contributed by atoms with Gasteiger partial charge in [0.25, 0.3) is 0 Å². The fraction of sp³-hybridized carbons (Fsp3) is 0.650. The second-order valence-electron chi connectivity index (χ2n) is 7.59. The number of nitrogens with zero attached hydrogens (tertiary/aromatic N) is 2. The van der Waals surface area contributed by atoms with Crippen molar-refractivity contribution < 1.29 is 4.58 Å². The van der Waals surface area contributed by atoms with Crippen LogP contribution in [0.4, 0.5) is 0 Å². The SMILES string of the molecule is CC[N+]1=C2CC(c3ccccc3)C3CN(C)CC3C2CCC1. The lowest BCUT2D eigenvalue weighted by molar-refractivity contribution is -0.534. The summed E-state index contributed by atoms with van der Waals surface area (Å²) in [5.74, 6) is 3.34. The van der Waals surface area contributed by atoms with Crippen molar-refractivity contribution >= 4 is 5.71 Å². The minimum Gasteiger partial charge on any atom is -0.306 e. The third kappa shape index (κ3) is 2.32. The van der Waals surface area contributed by atoms with E-state index in [4.69, 9.17) is 0 Å². The van der Waals surface area contributed by atoms with Gasteiger partial charge in [-0.05, 0) is 43.7 Å². The van der Waals surface area contributed by atoms with Gasteiger partial charge in [-0.3, -0.25) is 0 Å². The molecule has 22 heavy (non-hydrogen) atoms. The zero-order valence-corrected chi connectivity index (χ0v) is 14.0. The van der Waals surface area contributed by atoms with Crippen molar-refractivity contribution in [2.24, 2.45) is 17.8 Å². The minimum atomic E-state index is 0.731. The summed E-state index contributed by atoms with van der Waals surface area (Å²) >= 11 is 0. The number of hydrogen-bond donors (Lipinski definition) is 0. The van der Waals surface area contributed by atoms with Crippen LogP contribution >= 0.6 is 0 Å². The average Bonchev–Trinajstić information content (AvgIpc) is 2.96. The first-order valence-electron chi connectivity index (χ1n) is 9.12. The lowest BCUT2D eigenvalue weighted by atomic mass is 9.63. The Labute approximate surface area is 134 Å². The lowest BCUT2D eigenvalue weighted by Crippen LogP contribution is -2.46. The summed E-state index contributed by atoms with van der Waals surface area (Å²) in [4.78, 5) is 2.58. The molecule has 0 amide bonds. The van der Waals surface area contributed by atoms with Crippen LogP contribution < -0.4 is 0 Å². The molecule has 3 aliphatic rings.